The summed E-state index contributed by atoms with van der Waals surface area (Å²) in [5.74, 6) is 0.179. The molecule has 32 heavy (non-hydrogen) atoms. The minimum atomic E-state index is 0. The third-order valence-corrected chi connectivity index (χ3v) is 5.50. The number of pyridine rings is 3. The molecule has 3 aromatic carbocycles. The molecule has 0 saturated heterocycles. The van der Waals surface area contributed by atoms with Crippen molar-refractivity contribution in [2.45, 2.75) is 0 Å². The van der Waals surface area contributed by atoms with E-state index in [-0.39, 0.29) is 26.8 Å². The molecular formula is C27H16N3OPt-. The fourth-order valence-electron chi connectivity index (χ4n) is 4.02. The molecule has 0 fully saturated rings. The van der Waals surface area contributed by atoms with Gasteiger partial charge in [-0.15, -0.1) is 24.3 Å². The molecule has 0 aliphatic rings. The summed E-state index contributed by atoms with van der Waals surface area (Å²) >= 11 is 0. The fourth-order valence-corrected chi connectivity index (χ4v) is 4.02. The SMILES string of the molecule is Oc1ccnc(-c2[c-]c(-c3ccc4ccc5ccc6cccnc6c5c4n3)ccc2)c1.[Pt]. The summed E-state index contributed by atoms with van der Waals surface area (Å²) in [5, 5.41) is 14.1. The van der Waals surface area contributed by atoms with E-state index in [0.29, 0.717) is 5.69 Å². The van der Waals surface area contributed by atoms with Crippen molar-refractivity contribution in [3.63, 3.8) is 0 Å². The predicted octanol–water partition coefficient (Wildman–Crippen LogP) is 6.17. The maximum Gasteiger partial charge on any atom is 0.111 e. The maximum absolute atomic E-state index is 9.79. The van der Waals surface area contributed by atoms with E-state index in [0.717, 1.165) is 49.4 Å². The van der Waals surface area contributed by atoms with Gasteiger partial charge in [0.15, 0.2) is 0 Å². The Morgan fingerprint density at radius 1 is 0.625 bits per heavy atom. The number of nitrogens with zero attached hydrogens (tertiary/aromatic N) is 3. The van der Waals surface area contributed by atoms with Crippen LogP contribution in [-0.4, -0.2) is 20.1 Å². The average Bonchev–Trinajstić information content (AvgIpc) is 2.83. The summed E-state index contributed by atoms with van der Waals surface area (Å²) in [7, 11) is 0. The first-order valence-electron chi connectivity index (χ1n) is 10.0. The fraction of sp³-hybridized carbons (Fsp3) is 0. The predicted molar refractivity (Wildman–Crippen MR) is 124 cm³/mol. The normalized spacial score (nSPS) is 11.0. The average molecular weight is 594 g/mol. The molecule has 0 saturated carbocycles. The molecule has 3 heterocycles. The Labute approximate surface area is 198 Å². The van der Waals surface area contributed by atoms with E-state index in [1.165, 1.54) is 0 Å². The van der Waals surface area contributed by atoms with Crippen LogP contribution in [0.3, 0.4) is 0 Å². The standard InChI is InChI=1S/C27H16N3O.Pt/c31-22-12-14-28-24(16-22)21-4-1-3-20(15-21)23-11-10-19-9-7-17-6-8-18-5-2-13-29-26(18)25(17)27(19)30-23;/h1-14,16H,(H,28,31);/q-1;. The van der Waals surface area contributed by atoms with E-state index >= 15 is 0 Å². The minimum absolute atomic E-state index is 0. The maximum atomic E-state index is 9.79. The van der Waals surface area contributed by atoms with Gasteiger partial charge in [-0.2, -0.15) is 0 Å². The van der Waals surface area contributed by atoms with Crippen LogP contribution in [0.25, 0.3) is 55.1 Å². The molecule has 0 spiro atoms. The number of benzene rings is 3. The van der Waals surface area contributed by atoms with E-state index in [1.807, 2.05) is 36.5 Å². The second kappa shape index (κ2) is 8.14. The second-order valence-corrected chi connectivity index (χ2v) is 7.45. The van der Waals surface area contributed by atoms with E-state index in [4.69, 9.17) is 4.98 Å². The van der Waals surface area contributed by atoms with Crippen molar-refractivity contribution in [2.24, 2.45) is 0 Å². The molecule has 0 unspecified atom stereocenters. The van der Waals surface area contributed by atoms with Gasteiger partial charge < -0.3 is 5.11 Å². The van der Waals surface area contributed by atoms with Crippen molar-refractivity contribution in [2.75, 3.05) is 0 Å². The number of fused-ring (bicyclic) bond motifs is 5. The number of aromatic nitrogens is 3. The summed E-state index contributed by atoms with van der Waals surface area (Å²) in [4.78, 5) is 14.0. The zero-order chi connectivity index (χ0) is 20.8. The van der Waals surface area contributed by atoms with Crippen molar-refractivity contribution in [1.29, 1.82) is 0 Å². The van der Waals surface area contributed by atoms with Crippen LogP contribution in [0, 0.1) is 6.07 Å². The molecule has 0 amide bonds. The number of rotatable bonds is 2. The number of hydrogen-bond donors (Lipinski definition) is 1. The molecule has 6 rings (SSSR count). The summed E-state index contributed by atoms with van der Waals surface area (Å²) < 4.78 is 0. The summed E-state index contributed by atoms with van der Waals surface area (Å²) in [5.41, 5.74) is 5.05. The molecule has 4 nitrogen and oxygen atoms in total. The van der Waals surface area contributed by atoms with Crippen LogP contribution in [-0.2, 0) is 21.1 Å². The molecule has 6 aromatic rings. The summed E-state index contributed by atoms with van der Waals surface area (Å²) in [6.07, 6.45) is 3.41. The topological polar surface area (TPSA) is 58.9 Å². The Bertz CT molecular complexity index is 1610. The zero-order valence-corrected chi connectivity index (χ0v) is 19.0. The number of aromatic hydroxyl groups is 1. The van der Waals surface area contributed by atoms with Crippen LogP contribution in [0.5, 0.6) is 5.75 Å². The molecule has 0 atom stereocenters. The van der Waals surface area contributed by atoms with Gasteiger partial charge in [-0.1, -0.05) is 53.6 Å². The molecule has 0 aliphatic heterocycles. The first kappa shape index (κ1) is 20.3. The van der Waals surface area contributed by atoms with Gasteiger partial charge in [-0.3, -0.25) is 15.0 Å². The Morgan fingerprint density at radius 3 is 2.16 bits per heavy atom. The Kier molecular flexibility index (Phi) is 5.16. The second-order valence-electron chi connectivity index (χ2n) is 7.45. The molecule has 1 N–H and O–H groups in total. The smallest absolute Gasteiger partial charge is 0.111 e. The third-order valence-electron chi connectivity index (χ3n) is 5.50. The minimum Gasteiger partial charge on any atom is -0.509 e. The van der Waals surface area contributed by atoms with Crippen LogP contribution in [0.2, 0.25) is 0 Å². The molecular weight excluding hydrogens is 577 g/mol. The Hall–Kier alpha value is -3.62. The largest absolute Gasteiger partial charge is 0.509 e. The van der Waals surface area contributed by atoms with Crippen molar-refractivity contribution in [3.8, 4) is 28.3 Å². The van der Waals surface area contributed by atoms with Crippen molar-refractivity contribution >= 4 is 32.6 Å². The van der Waals surface area contributed by atoms with Gasteiger partial charge >= 0.3 is 0 Å². The molecule has 3 aromatic heterocycles. The van der Waals surface area contributed by atoms with Gasteiger partial charge in [-0.05, 0) is 29.0 Å². The summed E-state index contributed by atoms with van der Waals surface area (Å²) in [6.45, 7) is 0. The van der Waals surface area contributed by atoms with Crippen LogP contribution in [0.1, 0.15) is 0 Å². The number of hydrogen-bond acceptors (Lipinski definition) is 4. The third kappa shape index (κ3) is 3.43. The Morgan fingerprint density at radius 2 is 1.34 bits per heavy atom. The van der Waals surface area contributed by atoms with Gasteiger partial charge in [0.2, 0.25) is 0 Å². The van der Waals surface area contributed by atoms with Gasteiger partial charge in [0.05, 0.1) is 11.0 Å². The van der Waals surface area contributed by atoms with Crippen molar-refractivity contribution < 1.29 is 26.2 Å². The molecule has 5 heteroatoms. The molecule has 0 bridgehead atoms. The first-order chi connectivity index (χ1) is 15.3. The van der Waals surface area contributed by atoms with Crippen molar-refractivity contribution in [1.82, 2.24) is 15.0 Å². The van der Waals surface area contributed by atoms with Crippen molar-refractivity contribution in [3.05, 3.63) is 97.3 Å². The van der Waals surface area contributed by atoms with E-state index < -0.39 is 0 Å². The molecule has 156 valence electrons. The van der Waals surface area contributed by atoms with E-state index in [2.05, 4.69) is 52.4 Å². The van der Waals surface area contributed by atoms with E-state index in [1.54, 1.807) is 18.3 Å². The van der Waals surface area contributed by atoms with Crippen LogP contribution in [0.15, 0.2) is 91.3 Å². The van der Waals surface area contributed by atoms with Gasteiger partial charge in [0.25, 0.3) is 0 Å². The van der Waals surface area contributed by atoms with Gasteiger partial charge in [0.1, 0.15) is 5.75 Å². The summed E-state index contributed by atoms with van der Waals surface area (Å²) in [6, 6.07) is 29.0. The van der Waals surface area contributed by atoms with Gasteiger partial charge in [-0.25, -0.2) is 0 Å². The first-order valence-corrected chi connectivity index (χ1v) is 10.0. The molecule has 0 radical (unpaired) electrons. The monoisotopic (exact) mass is 593 g/mol. The van der Waals surface area contributed by atoms with Crippen LogP contribution in [0.4, 0.5) is 0 Å². The zero-order valence-electron chi connectivity index (χ0n) is 16.8. The van der Waals surface area contributed by atoms with E-state index in [9.17, 15) is 5.11 Å². The Balaban J connectivity index is 0.00000216. The van der Waals surface area contributed by atoms with Crippen LogP contribution < -0.4 is 0 Å². The quantitative estimate of drug-likeness (QED) is 0.193. The molecule has 0 aliphatic carbocycles. The van der Waals surface area contributed by atoms with Gasteiger partial charge in [0, 0.05) is 55.6 Å². The van der Waals surface area contributed by atoms with Crippen LogP contribution >= 0.6 is 0 Å².